The normalized spacial score (nSPS) is 18.6. The highest BCUT2D eigenvalue weighted by atomic mass is 16.6. The summed E-state index contributed by atoms with van der Waals surface area (Å²) in [5.41, 5.74) is 0.371. The van der Waals surface area contributed by atoms with Gasteiger partial charge < -0.3 is 15.0 Å². The molecule has 116 valence electrons. The zero-order chi connectivity index (χ0) is 15.4. The minimum absolute atomic E-state index is 0.00735. The van der Waals surface area contributed by atoms with Gasteiger partial charge in [0.15, 0.2) is 0 Å². The van der Waals surface area contributed by atoms with E-state index in [1.54, 1.807) is 21.1 Å². The number of nitrogens with one attached hydrogen (secondary N) is 1. The van der Waals surface area contributed by atoms with Crippen LogP contribution < -0.4 is 10.2 Å². The summed E-state index contributed by atoms with van der Waals surface area (Å²) in [7, 11) is 3.38. The first-order valence-electron chi connectivity index (χ1n) is 7.01. The fourth-order valence-electron chi connectivity index (χ4n) is 2.73. The zero-order valence-corrected chi connectivity index (χ0v) is 12.6. The lowest BCUT2D eigenvalue weighted by Gasteiger charge is -2.33. The molecule has 0 amide bonds. The van der Waals surface area contributed by atoms with Crippen LogP contribution in [0.4, 0.5) is 17.5 Å². The van der Waals surface area contributed by atoms with E-state index in [-0.39, 0.29) is 5.69 Å². The molecule has 8 nitrogen and oxygen atoms in total. The van der Waals surface area contributed by atoms with Crippen LogP contribution in [-0.4, -0.2) is 48.7 Å². The first-order chi connectivity index (χ1) is 10.1. The molecule has 1 fully saturated rings. The Kier molecular flexibility index (Phi) is 4.89. The molecule has 1 atom stereocenters. The monoisotopic (exact) mass is 295 g/mol. The number of anilines is 2. The molecule has 1 aromatic heterocycles. The van der Waals surface area contributed by atoms with E-state index < -0.39 is 4.92 Å². The highest BCUT2D eigenvalue weighted by Crippen LogP contribution is 2.32. The Bertz CT molecular complexity index is 521. The Hall–Kier alpha value is -1.96. The SMILES string of the molecule is CNc1nc(C)c([N+](=O)[O-])c(N2CCCC(COC)C2)n1. The maximum Gasteiger partial charge on any atom is 0.332 e. The van der Waals surface area contributed by atoms with Gasteiger partial charge in [-0.2, -0.15) is 4.98 Å². The number of hydrogen-bond acceptors (Lipinski definition) is 7. The highest BCUT2D eigenvalue weighted by Gasteiger charge is 2.29. The number of hydrogen-bond donors (Lipinski definition) is 1. The Labute approximate surface area is 123 Å². The van der Waals surface area contributed by atoms with Crippen molar-refractivity contribution in [3.63, 3.8) is 0 Å². The van der Waals surface area contributed by atoms with Crippen LogP contribution in [0.25, 0.3) is 0 Å². The molecule has 0 spiro atoms. The Morgan fingerprint density at radius 3 is 2.90 bits per heavy atom. The molecule has 1 unspecified atom stereocenters. The van der Waals surface area contributed by atoms with Gasteiger partial charge in [0.2, 0.25) is 11.8 Å². The van der Waals surface area contributed by atoms with Crippen LogP contribution in [0.5, 0.6) is 0 Å². The predicted octanol–water partition coefficient (Wildman–Crippen LogP) is 1.60. The minimum Gasteiger partial charge on any atom is -0.384 e. The van der Waals surface area contributed by atoms with Crippen molar-refractivity contribution in [3.05, 3.63) is 15.8 Å². The number of methoxy groups -OCH3 is 1. The summed E-state index contributed by atoms with van der Waals surface area (Å²) in [6, 6.07) is 0. The fraction of sp³-hybridized carbons (Fsp3) is 0.692. The predicted molar refractivity (Wildman–Crippen MR) is 79.8 cm³/mol. The van der Waals surface area contributed by atoms with Gasteiger partial charge in [-0.05, 0) is 25.7 Å². The van der Waals surface area contributed by atoms with Crippen LogP contribution >= 0.6 is 0 Å². The van der Waals surface area contributed by atoms with Crippen molar-refractivity contribution in [2.24, 2.45) is 5.92 Å². The maximum atomic E-state index is 11.3. The molecular formula is C13H21N5O3. The van der Waals surface area contributed by atoms with E-state index in [0.29, 0.717) is 36.5 Å². The second-order valence-electron chi connectivity index (χ2n) is 5.22. The van der Waals surface area contributed by atoms with E-state index in [4.69, 9.17) is 4.74 Å². The summed E-state index contributed by atoms with van der Waals surface area (Å²) in [4.78, 5) is 21.3. The van der Waals surface area contributed by atoms with Gasteiger partial charge in [0.25, 0.3) is 0 Å². The first-order valence-corrected chi connectivity index (χ1v) is 7.01. The summed E-state index contributed by atoms with van der Waals surface area (Å²) in [6.45, 7) is 3.78. The molecule has 0 aromatic carbocycles. The van der Waals surface area contributed by atoms with Crippen molar-refractivity contribution >= 4 is 17.5 Å². The zero-order valence-electron chi connectivity index (χ0n) is 12.6. The van der Waals surface area contributed by atoms with Crippen molar-refractivity contribution in [1.29, 1.82) is 0 Å². The lowest BCUT2D eigenvalue weighted by Crippen LogP contribution is -2.38. The molecule has 0 radical (unpaired) electrons. The maximum absolute atomic E-state index is 11.3. The standard InChI is InChI=1S/C13H21N5O3/c1-9-11(18(19)20)12(16-13(14-2)15-9)17-6-4-5-10(7-17)8-21-3/h10H,4-8H2,1-3H3,(H,14,15,16). The molecule has 1 aliphatic heterocycles. The van der Waals surface area contributed by atoms with Crippen LogP contribution in [0.3, 0.4) is 0 Å². The quantitative estimate of drug-likeness (QED) is 0.651. The van der Waals surface area contributed by atoms with Crippen LogP contribution in [0.2, 0.25) is 0 Å². The molecule has 2 rings (SSSR count). The molecule has 1 aliphatic rings. The molecular weight excluding hydrogens is 274 g/mol. The van der Waals surface area contributed by atoms with Crippen LogP contribution in [0, 0.1) is 23.0 Å². The summed E-state index contributed by atoms with van der Waals surface area (Å²) >= 11 is 0. The molecule has 0 bridgehead atoms. The number of piperidine rings is 1. The number of nitrogens with zero attached hydrogens (tertiary/aromatic N) is 4. The largest absolute Gasteiger partial charge is 0.384 e. The van der Waals surface area contributed by atoms with Gasteiger partial charge >= 0.3 is 5.69 Å². The number of rotatable bonds is 5. The number of aryl methyl sites for hydroxylation is 1. The molecule has 2 heterocycles. The van der Waals surface area contributed by atoms with E-state index in [1.807, 2.05) is 4.90 Å². The summed E-state index contributed by atoms with van der Waals surface area (Å²) in [6.07, 6.45) is 2.05. The topological polar surface area (TPSA) is 93.4 Å². The van der Waals surface area contributed by atoms with Gasteiger partial charge in [-0.3, -0.25) is 10.1 Å². The highest BCUT2D eigenvalue weighted by molar-refractivity contribution is 5.62. The minimum atomic E-state index is -0.399. The first kappa shape index (κ1) is 15.4. The summed E-state index contributed by atoms with van der Waals surface area (Å²) in [5.74, 6) is 1.18. The molecule has 1 aromatic rings. The van der Waals surface area contributed by atoms with Gasteiger partial charge in [-0.1, -0.05) is 0 Å². The number of aromatic nitrogens is 2. The molecule has 0 saturated carbocycles. The van der Waals surface area contributed by atoms with Gasteiger partial charge in [-0.25, -0.2) is 4.98 Å². The van der Waals surface area contributed by atoms with E-state index in [1.165, 1.54) is 0 Å². The smallest absolute Gasteiger partial charge is 0.332 e. The van der Waals surface area contributed by atoms with Crippen LogP contribution in [0.1, 0.15) is 18.5 Å². The Morgan fingerprint density at radius 1 is 1.52 bits per heavy atom. The molecule has 0 aliphatic carbocycles. The van der Waals surface area contributed by atoms with Crippen molar-refractivity contribution in [1.82, 2.24) is 9.97 Å². The van der Waals surface area contributed by atoms with Crippen molar-refractivity contribution in [2.75, 3.05) is 44.1 Å². The van der Waals surface area contributed by atoms with Crippen LogP contribution in [0.15, 0.2) is 0 Å². The van der Waals surface area contributed by atoms with Crippen LogP contribution in [-0.2, 0) is 4.74 Å². The lowest BCUT2D eigenvalue weighted by atomic mass is 9.99. The van der Waals surface area contributed by atoms with Gasteiger partial charge in [-0.15, -0.1) is 0 Å². The van der Waals surface area contributed by atoms with E-state index >= 15 is 0 Å². The van der Waals surface area contributed by atoms with E-state index in [2.05, 4.69) is 15.3 Å². The second kappa shape index (κ2) is 6.66. The van der Waals surface area contributed by atoms with Gasteiger partial charge in [0, 0.05) is 27.2 Å². The third kappa shape index (κ3) is 3.38. The summed E-state index contributed by atoms with van der Waals surface area (Å²) in [5, 5.41) is 14.2. The summed E-state index contributed by atoms with van der Waals surface area (Å²) < 4.78 is 5.21. The molecule has 1 saturated heterocycles. The number of nitro groups is 1. The molecule has 8 heteroatoms. The third-order valence-corrected chi connectivity index (χ3v) is 3.67. The van der Waals surface area contributed by atoms with Gasteiger partial charge in [0.1, 0.15) is 5.69 Å². The van der Waals surface area contributed by atoms with Gasteiger partial charge in [0.05, 0.1) is 11.5 Å². The molecule has 21 heavy (non-hydrogen) atoms. The van der Waals surface area contributed by atoms with Crippen molar-refractivity contribution < 1.29 is 9.66 Å². The fourth-order valence-corrected chi connectivity index (χ4v) is 2.73. The second-order valence-corrected chi connectivity index (χ2v) is 5.22. The third-order valence-electron chi connectivity index (χ3n) is 3.67. The Morgan fingerprint density at radius 2 is 2.29 bits per heavy atom. The average Bonchev–Trinajstić information content (AvgIpc) is 2.46. The van der Waals surface area contributed by atoms with E-state index in [9.17, 15) is 10.1 Å². The van der Waals surface area contributed by atoms with Crippen molar-refractivity contribution in [2.45, 2.75) is 19.8 Å². The van der Waals surface area contributed by atoms with E-state index in [0.717, 1.165) is 19.4 Å². The lowest BCUT2D eigenvalue weighted by molar-refractivity contribution is -0.385. The Balaban J connectivity index is 2.36. The number of ether oxygens (including phenoxy) is 1. The molecule has 1 N–H and O–H groups in total. The average molecular weight is 295 g/mol. The van der Waals surface area contributed by atoms with Crippen molar-refractivity contribution in [3.8, 4) is 0 Å².